The van der Waals surface area contributed by atoms with Crippen molar-refractivity contribution < 1.29 is 9.47 Å². The average Bonchev–Trinajstić information content (AvgIpc) is 3.01. The van der Waals surface area contributed by atoms with Gasteiger partial charge in [-0.05, 0) is 57.7 Å². The standard InChI is InChI=1S/C16H24O2/c1-11(2)14-10-13(18-16(3,4)5)8-9-15(14)17-12-6-7-12/h8-12H,6-7H2,1-5H3. The van der Waals surface area contributed by atoms with Crippen molar-refractivity contribution in [2.75, 3.05) is 0 Å². The number of hydrogen-bond donors (Lipinski definition) is 0. The number of rotatable bonds is 4. The van der Waals surface area contributed by atoms with Gasteiger partial charge in [0, 0.05) is 5.56 Å². The van der Waals surface area contributed by atoms with Crippen LogP contribution in [0.3, 0.4) is 0 Å². The van der Waals surface area contributed by atoms with Gasteiger partial charge in [0.05, 0.1) is 6.10 Å². The minimum atomic E-state index is -0.160. The van der Waals surface area contributed by atoms with Crippen LogP contribution in [0.25, 0.3) is 0 Å². The molecule has 0 bridgehead atoms. The first-order chi connectivity index (χ1) is 8.35. The van der Waals surface area contributed by atoms with Crippen molar-refractivity contribution in [2.24, 2.45) is 0 Å². The summed E-state index contributed by atoms with van der Waals surface area (Å²) >= 11 is 0. The second-order valence-corrected chi connectivity index (χ2v) is 6.39. The summed E-state index contributed by atoms with van der Waals surface area (Å²) < 4.78 is 11.9. The van der Waals surface area contributed by atoms with Crippen molar-refractivity contribution in [3.8, 4) is 11.5 Å². The second-order valence-electron chi connectivity index (χ2n) is 6.39. The normalized spacial score (nSPS) is 15.9. The summed E-state index contributed by atoms with van der Waals surface area (Å²) in [6, 6.07) is 6.18. The molecule has 100 valence electrons. The molecule has 0 spiro atoms. The molecule has 0 radical (unpaired) electrons. The van der Waals surface area contributed by atoms with Crippen LogP contribution in [0.5, 0.6) is 11.5 Å². The molecule has 1 aromatic carbocycles. The van der Waals surface area contributed by atoms with Crippen molar-refractivity contribution in [2.45, 2.75) is 65.1 Å². The van der Waals surface area contributed by atoms with E-state index in [1.807, 2.05) is 6.07 Å². The lowest BCUT2D eigenvalue weighted by Crippen LogP contribution is -2.23. The van der Waals surface area contributed by atoms with E-state index in [0.717, 1.165) is 11.5 Å². The van der Waals surface area contributed by atoms with Crippen molar-refractivity contribution in [3.63, 3.8) is 0 Å². The molecule has 1 aromatic rings. The van der Waals surface area contributed by atoms with Gasteiger partial charge in [-0.3, -0.25) is 0 Å². The minimum Gasteiger partial charge on any atom is -0.490 e. The third-order valence-electron chi connectivity index (χ3n) is 2.85. The number of benzene rings is 1. The third kappa shape index (κ3) is 3.66. The molecule has 1 fully saturated rings. The molecule has 18 heavy (non-hydrogen) atoms. The first-order valence-corrected chi connectivity index (χ1v) is 6.85. The molecule has 0 aromatic heterocycles. The van der Waals surface area contributed by atoms with Gasteiger partial charge in [0.15, 0.2) is 0 Å². The van der Waals surface area contributed by atoms with Crippen LogP contribution < -0.4 is 9.47 Å². The zero-order valence-corrected chi connectivity index (χ0v) is 12.1. The predicted octanol–water partition coefficient (Wildman–Crippen LogP) is 4.53. The molecule has 0 aliphatic heterocycles. The van der Waals surface area contributed by atoms with Crippen molar-refractivity contribution in [1.82, 2.24) is 0 Å². The summed E-state index contributed by atoms with van der Waals surface area (Å²) in [5, 5.41) is 0. The van der Waals surface area contributed by atoms with E-state index < -0.39 is 0 Å². The van der Waals surface area contributed by atoms with Crippen LogP contribution in [0, 0.1) is 0 Å². The largest absolute Gasteiger partial charge is 0.490 e. The van der Waals surface area contributed by atoms with Crippen LogP contribution in [0.1, 0.15) is 58.9 Å². The van der Waals surface area contributed by atoms with E-state index in [9.17, 15) is 0 Å². The van der Waals surface area contributed by atoms with E-state index in [-0.39, 0.29) is 5.60 Å². The quantitative estimate of drug-likeness (QED) is 0.779. The molecular formula is C16H24O2. The zero-order chi connectivity index (χ0) is 13.3. The summed E-state index contributed by atoms with van der Waals surface area (Å²) in [6.07, 6.45) is 2.83. The summed E-state index contributed by atoms with van der Waals surface area (Å²) in [4.78, 5) is 0. The maximum absolute atomic E-state index is 5.95. The Bertz CT molecular complexity index is 412. The minimum absolute atomic E-state index is 0.160. The van der Waals surface area contributed by atoms with E-state index in [0.29, 0.717) is 12.0 Å². The molecular weight excluding hydrogens is 224 g/mol. The fraction of sp³-hybridized carbons (Fsp3) is 0.625. The Morgan fingerprint density at radius 1 is 1.17 bits per heavy atom. The molecule has 1 saturated carbocycles. The highest BCUT2D eigenvalue weighted by Crippen LogP contribution is 2.35. The van der Waals surface area contributed by atoms with Gasteiger partial charge in [0.25, 0.3) is 0 Å². The van der Waals surface area contributed by atoms with Gasteiger partial charge in [0.2, 0.25) is 0 Å². The van der Waals surface area contributed by atoms with Crippen molar-refractivity contribution in [3.05, 3.63) is 23.8 Å². The van der Waals surface area contributed by atoms with E-state index in [1.54, 1.807) is 0 Å². The summed E-state index contributed by atoms with van der Waals surface area (Å²) in [5.41, 5.74) is 1.08. The average molecular weight is 248 g/mol. The van der Waals surface area contributed by atoms with Gasteiger partial charge in [-0.2, -0.15) is 0 Å². The number of hydrogen-bond acceptors (Lipinski definition) is 2. The van der Waals surface area contributed by atoms with Gasteiger partial charge in [-0.15, -0.1) is 0 Å². The lowest BCUT2D eigenvalue weighted by molar-refractivity contribution is 0.130. The summed E-state index contributed by atoms with van der Waals surface area (Å²) in [7, 11) is 0. The van der Waals surface area contributed by atoms with E-state index in [2.05, 4.69) is 46.8 Å². The highest BCUT2D eigenvalue weighted by molar-refractivity contribution is 5.42. The predicted molar refractivity (Wildman–Crippen MR) is 74.6 cm³/mol. The Labute approximate surface area is 110 Å². The second kappa shape index (κ2) is 4.83. The maximum Gasteiger partial charge on any atom is 0.123 e. The van der Waals surface area contributed by atoms with E-state index in [1.165, 1.54) is 18.4 Å². The Morgan fingerprint density at radius 2 is 1.83 bits per heavy atom. The number of ether oxygens (including phenoxy) is 2. The molecule has 2 rings (SSSR count). The van der Waals surface area contributed by atoms with Crippen LogP contribution in [0.2, 0.25) is 0 Å². The molecule has 0 heterocycles. The first-order valence-electron chi connectivity index (χ1n) is 6.85. The topological polar surface area (TPSA) is 18.5 Å². The molecule has 0 unspecified atom stereocenters. The Kier molecular flexibility index (Phi) is 3.56. The molecule has 2 nitrogen and oxygen atoms in total. The lowest BCUT2D eigenvalue weighted by Gasteiger charge is -2.23. The third-order valence-corrected chi connectivity index (χ3v) is 2.85. The van der Waals surface area contributed by atoms with Gasteiger partial charge >= 0.3 is 0 Å². The summed E-state index contributed by atoms with van der Waals surface area (Å²) in [6.45, 7) is 10.6. The Balaban J connectivity index is 2.21. The molecule has 2 heteroatoms. The van der Waals surface area contributed by atoms with Gasteiger partial charge in [0.1, 0.15) is 17.1 Å². The monoisotopic (exact) mass is 248 g/mol. The molecule has 1 aliphatic carbocycles. The highest BCUT2D eigenvalue weighted by atomic mass is 16.5. The molecule has 0 amide bonds. The highest BCUT2D eigenvalue weighted by Gasteiger charge is 2.25. The SMILES string of the molecule is CC(C)c1cc(OC(C)(C)C)ccc1OC1CC1. The zero-order valence-electron chi connectivity index (χ0n) is 12.1. The first kappa shape index (κ1) is 13.3. The maximum atomic E-state index is 5.95. The molecule has 1 aliphatic rings. The van der Waals surface area contributed by atoms with Crippen LogP contribution in [0.4, 0.5) is 0 Å². The van der Waals surface area contributed by atoms with Gasteiger partial charge < -0.3 is 9.47 Å². The molecule has 0 atom stereocenters. The van der Waals surface area contributed by atoms with Crippen molar-refractivity contribution in [1.29, 1.82) is 0 Å². The fourth-order valence-corrected chi connectivity index (χ4v) is 1.87. The lowest BCUT2D eigenvalue weighted by atomic mass is 10.0. The van der Waals surface area contributed by atoms with Gasteiger partial charge in [-0.25, -0.2) is 0 Å². The van der Waals surface area contributed by atoms with E-state index >= 15 is 0 Å². The molecule has 0 N–H and O–H groups in total. The van der Waals surface area contributed by atoms with Gasteiger partial charge in [-0.1, -0.05) is 13.8 Å². The molecule has 0 saturated heterocycles. The van der Waals surface area contributed by atoms with Crippen LogP contribution in [0.15, 0.2) is 18.2 Å². The van der Waals surface area contributed by atoms with E-state index in [4.69, 9.17) is 9.47 Å². The van der Waals surface area contributed by atoms with Crippen LogP contribution in [-0.2, 0) is 0 Å². The Hall–Kier alpha value is -1.18. The summed E-state index contributed by atoms with van der Waals surface area (Å²) in [5.74, 6) is 2.39. The van der Waals surface area contributed by atoms with Crippen LogP contribution >= 0.6 is 0 Å². The Morgan fingerprint density at radius 3 is 2.33 bits per heavy atom. The smallest absolute Gasteiger partial charge is 0.123 e. The van der Waals surface area contributed by atoms with Crippen LogP contribution in [-0.4, -0.2) is 11.7 Å². The fourth-order valence-electron chi connectivity index (χ4n) is 1.87. The van der Waals surface area contributed by atoms with Crippen molar-refractivity contribution >= 4 is 0 Å².